The fraction of sp³-hybridized carbons (Fsp3) is 0.333. The Labute approximate surface area is 146 Å². The van der Waals surface area contributed by atoms with E-state index >= 15 is 0 Å². The molecule has 0 bridgehead atoms. The second-order valence-corrected chi connectivity index (χ2v) is 4.66. The van der Waals surface area contributed by atoms with Crippen LogP contribution in [0.1, 0.15) is 19.3 Å². The van der Waals surface area contributed by atoms with Gasteiger partial charge >= 0.3 is 0 Å². The molecule has 2 aromatic heterocycles. The Morgan fingerprint density at radius 1 is 0.714 bits per heavy atom. The van der Waals surface area contributed by atoms with Gasteiger partial charge in [-0.3, -0.25) is 0 Å². The second-order valence-electron chi connectivity index (χ2n) is 4.66. The first-order valence-electron chi connectivity index (χ1n) is 6.60. The number of pyridine rings is 2. The van der Waals surface area contributed by atoms with Crippen LogP contribution in [0.15, 0.2) is 49.1 Å². The highest BCUT2D eigenvalue weighted by Crippen LogP contribution is 2.03. The van der Waals surface area contributed by atoms with Gasteiger partial charge in [0.2, 0.25) is 12.4 Å². The van der Waals surface area contributed by atoms with Gasteiger partial charge in [0.05, 0.1) is 0 Å². The maximum absolute atomic E-state index is 9.34. The minimum Gasteiger partial charge on any atom is -1.00 e. The van der Waals surface area contributed by atoms with Crippen molar-refractivity contribution in [2.24, 2.45) is 0 Å². The Morgan fingerprint density at radius 3 is 1.52 bits per heavy atom. The Balaban J connectivity index is 0.00000200. The lowest BCUT2D eigenvalue weighted by molar-refractivity contribution is -0.701. The van der Waals surface area contributed by atoms with Gasteiger partial charge in [-0.2, -0.15) is 0 Å². The number of hydrogen-bond acceptors (Lipinski definition) is 2. The molecule has 2 rings (SSSR count). The first-order valence-corrected chi connectivity index (χ1v) is 6.60. The SMILES string of the molecule is Oc1ccc[n+](CCCCC[n+]2cccc(O)c2)c1.[Br-].[Br-]. The molecule has 0 atom stereocenters. The zero-order valence-electron chi connectivity index (χ0n) is 11.7. The molecule has 0 unspecified atom stereocenters. The first kappa shape index (κ1) is 19.9. The minimum atomic E-state index is 0. The van der Waals surface area contributed by atoms with Crippen LogP contribution in [-0.4, -0.2) is 10.2 Å². The highest BCUT2D eigenvalue weighted by molar-refractivity contribution is 5.09. The molecule has 0 saturated heterocycles. The minimum absolute atomic E-state index is 0. The molecule has 0 amide bonds. The molecule has 0 radical (unpaired) electrons. The van der Waals surface area contributed by atoms with Gasteiger partial charge in [0, 0.05) is 25.0 Å². The predicted octanol–water partition coefficient (Wildman–Crippen LogP) is -4.45. The summed E-state index contributed by atoms with van der Waals surface area (Å²) in [7, 11) is 0. The Kier molecular flexibility index (Phi) is 9.99. The van der Waals surface area contributed by atoms with Crippen LogP contribution in [0.4, 0.5) is 0 Å². The van der Waals surface area contributed by atoms with Crippen LogP contribution in [0.25, 0.3) is 0 Å². The van der Waals surface area contributed by atoms with E-state index in [2.05, 4.69) is 0 Å². The maximum atomic E-state index is 9.34. The van der Waals surface area contributed by atoms with Gasteiger partial charge in [-0.25, -0.2) is 9.13 Å². The van der Waals surface area contributed by atoms with Crippen LogP contribution in [0.3, 0.4) is 0 Å². The Morgan fingerprint density at radius 2 is 1.14 bits per heavy atom. The van der Waals surface area contributed by atoms with Crippen molar-refractivity contribution in [3.05, 3.63) is 49.1 Å². The average Bonchev–Trinajstić information content (AvgIpc) is 2.38. The van der Waals surface area contributed by atoms with Crippen LogP contribution >= 0.6 is 0 Å². The van der Waals surface area contributed by atoms with Crippen molar-refractivity contribution in [2.45, 2.75) is 32.4 Å². The fourth-order valence-electron chi connectivity index (χ4n) is 2.06. The Bertz CT molecular complexity index is 491. The summed E-state index contributed by atoms with van der Waals surface area (Å²) >= 11 is 0. The lowest BCUT2D eigenvalue weighted by Gasteiger charge is -1.98. The van der Waals surface area contributed by atoms with Crippen LogP contribution in [-0.2, 0) is 13.1 Å². The molecule has 2 aromatic rings. The van der Waals surface area contributed by atoms with E-state index in [0.717, 1.165) is 32.4 Å². The summed E-state index contributed by atoms with van der Waals surface area (Å²) in [5.74, 6) is 0.607. The van der Waals surface area contributed by atoms with Crippen LogP contribution < -0.4 is 43.1 Å². The quantitative estimate of drug-likeness (QED) is 0.366. The van der Waals surface area contributed by atoms with E-state index in [4.69, 9.17) is 0 Å². The van der Waals surface area contributed by atoms with Gasteiger partial charge in [-0.1, -0.05) is 0 Å². The van der Waals surface area contributed by atoms with Crippen molar-refractivity contribution in [3.8, 4) is 11.5 Å². The zero-order valence-corrected chi connectivity index (χ0v) is 14.9. The molecule has 6 heteroatoms. The summed E-state index contributed by atoms with van der Waals surface area (Å²) in [5.41, 5.74) is 0. The van der Waals surface area contributed by atoms with E-state index in [9.17, 15) is 10.2 Å². The third-order valence-corrected chi connectivity index (χ3v) is 3.02. The van der Waals surface area contributed by atoms with E-state index < -0.39 is 0 Å². The number of rotatable bonds is 6. The summed E-state index contributed by atoms with van der Waals surface area (Å²) in [6.07, 6.45) is 10.7. The third kappa shape index (κ3) is 7.43. The fourth-order valence-corrected chi connectivity index (χ4v) is 2.06. The molecule has 0 aromatic carbocycles. The average molecular weight is 420 g/mol. The van der Waals surface area contributed by atoms with Gasteiger partial charge in [-0.05, 0) is 18.6 Å². The summed E-state index contributed by atoms with van der Waals surface area (Å²) in [5, 5.41) is 18.7. The van der Waals surface area contributed by atoms with Crippen molar-refractivity contribution in [1.29, 1.82) is 0 Å². The van der Waals surface area contributed by atoms with E-state index in [1.165, 1.54) is 0 Å². The number of aryl methyl sites for hydroxylation is 2. The molecule has 0 aliphatic carbocycles. The summed E-state index contributed by atoms with van der Waals surface area (Å²) in [6, 6.07) is 7.04. The lowest BCUT2D eigenvalue weighted by atomic mass is 10.2. The van der Waals surface area contributed by atoms with Crippen LogP contribution in [0.2, 0.25) is 0 Å². The standard InChI is InChI=1S/C15H18N2O2.2BrH/c18-14-6-4-10-16(12-14)8-2-1-3-9-17-11-5-7-15(19)13-17;;/h4-7,10-13H,1-3,8-9H2;2*1H. The molecular formula is C15H20Br2N2O2. The van der Waals surface area contributed by atoms with E-state index in [-0.39, 0.29) is 34.0 Å². The van der Waals surface area contributed by atoms with Crippen molar-refractivity contribution in [1.82, 2.24) is 0 Å². The van der Waals surface area contributed by atoms with Gasteiger partial charge in [0.15, 0.2) is 23.9 Å². The zero-order chi connectivity index (χ0) is 13.5. The summed E-state index contributed by atoms with van der Waals surface area (Å²) < 4.78 is 3.99. The van der Waals surface area contributed by atoms with Crippen molar-refractivity contribution >= 4 is 0 Å². The normalized spacial score (nSPS) is 9.52. The third-order valence-electron chi connectivity index (χ3n) is 3.02. The maximum Gasteiger partial charge on any atom is 0.210 e. The van der Waals surface area contributed by atoms with E-state index in [1.807, 2.05) is 33.7 Å². The molecule has 2 heterocycles. The number of unbranched alkanes of at least 4 members (excludes halogenated alkanes) is 2. The molecule has 0 saturated carbocycles. The van der Waals surface area contributed by atoms with Crippen LogP contribution in [0.5, 0.6) is 11.5 Å². The van der Waals surface area contributed by atoms with Crippen LogP contribution in [0, 0.1) is 0 Å². The molecule has 0 aliphatic rings. The molecule has 0 spiro atoms. The number of nitrogens with zero attached hydrogens (tertiary/aromatic N) is 2. The topological polar surface area (TPSA) is 48.2 Å². The molecule has 116 valence electrons. The molecule has 2 N–H and O–H groups in total. The number of halogens is 2. The van der Waals surface area contributed by atoms with Crippen molar-refractivity contribution in [3.63, 3.8) is 0 Å². The first-order chi connectivity index (χ1) is 9.24. The molecule has 0 aliphatic heterocycles. The number of aromatic nitrogens is 2. The smallest absolute Gasteiger partial charge is 0.210 e. The van der Waals surface area contributed by atoms with Crippen molar-refractivity contribution in [2.75, 3.05) is 0 Å². The molecular weight excluding hydrogens is 400 g/mol. The molecule has 0 fully saturated rings. The summed E-state index contributed by atoms with van der Waals surface area (Å²) in [4.78, 5) is 0. The molecule has 21 heavy (non-hydrogen) atoms. The molecule has 4 nitrogen and oxygen atoms in total. The predicted molar refractivity (Wildman–Crippen MR) is 70.5 cm³/mol. The van der Waals surface area contributed by atoms with Gasteiger partial charge in [0.25, 0.3) is 0 Å². The second kappa shape index (κ2) is 10.6. The van der Waals surface area contributed by atoms with Gasteiger partial charge < -0.3 is 44.2 Å². The van der Waals surface area contributed by atoms with E-state index in [1.54, 1.807) is 24.5 Å². The van der Waals surface area contributed by atoms with Crippen molar-refractivity contribution < 1.29 is 53.3 Å². The highest BCUT2D eigenvalue weighted by atomic mass is 79.9. The van der Waals surface area contributed by atoms with Gasteiger partial charge in [0.1, 0.15) is 13.1 Å². The van der Waals surface area contributed by atoms with E-state index in [0.29, 0.717) is 11.5 Å². The summed E-state index contributed by atoms with van der Waals surface area (Å²) in [6.45, 7) is 1.83. The lowest BCUT2D eigenvalue weighted by Crippen LogP contribution is -3.00. The number of hydrogen-bond donors (Lipinski definition) is 2. The van der Waals surface area contributed by atoms with Gasteiger partial charge in [-0.15, -0.1) is 0 Å². The largest absolute Gasteiger partial charge is 1.00 e. The monoisotopic (exact) mass is 418 g/mol. The highest BCUT2D eigenvalue weighted by Gasteiger charge is 2.04. The number of aromatic hydroxyl groups is 2. The Hall–Kier alpha value is -1.14.